The first-order chi connectivity index (χ1) is 8.00. The van der Waals surface area contributed by atoms with Crippen molar-refractivity contribution < 1.29 is 13.2 Å². The van der Waals surface area contributed by atoms with Crippen molar-refractivity contribution in [3.8, 4) is 5.75 Å². The lowest BCUT2D eigenvalue weighted by Crippen LogP contribution is -2.45. The lowest BCUT2D eigenvalue weighted by atomic mass is 10.0. The van der Waals surface area contributed by atoms with Crippen LogP contribution in [0.15, 0.2) is 24.3 Å². The number of hydrogen-bond donors (Lipinski definition) is 1. The molecule has 1 atom stereocenters. The molecule has 1 heterocycles. The van der Waals surface area contributed by atoms with Gasteiger partial charge >= 0.3 is 0 Å². The van der Waals surface area contributed by atoms with Crippen LogP contribution in [0.4, 0.5) is 0 Å². The van der Waals surface area contributed by atoms with Gasteiger partial charge in [0, 0.05) is 0 Å². The molecule has 0 amide bonds. The van der Waals surface area contributed by atoms with Crippen LogP contribution in [-0.4, -0.2) is 32.6 Å². The summed E-state index contributed by atoms with van der Waals surface area (Å²) < 4.78 is 27.5. The summed E-state index contributed by atoms with van der Waals surface area (Å²) in [6.07, 6.45) is -0.183. The van der Waals surface area contributed by atoms with E-state index >= 15 is 0 Å². The summed E-state index contributed by atoms with van der Waals surface area (Å²) in [5, 5.41) is 0. The molecule has 0 spiro atoms. The van der Waals surface area contributed by atoms with E-state index in [1.165, 1.54) is 5.56 Å². The number of nitrogens with two attached hydrogens (primary N) is 1. The Hall–Kier alpha value is -1.07. The maximum absolute atomic E-state index is 11.0. The highest BCUT2D eigenvalue weighted by molar-refractivity contribution is 7.92. The Balaban J connectivity index is 1.95. The third-order valence-electron chi connectivity index (χ3n) is 2.99. The zero-order valence-electron chi connectivity index (χ0n) is 9.80. The predicted molar refractivity (Wildman–Crippen MR) is 67.0 cm³/mol. The van der Waals surface area contributed by atoms with Gasteiger partial charge in [0.1, 0.15) is 11.9 Å². The summed E-state index contributed by atoms with van der Waals surface area (Å²) in [6.45, 7) is 2.68. The van der Waals surface area contributed by atoms with Crippen LogP contribution in [-0.2, 0) is 9.84 Å². The molecular weight excluding hydrogens is 238 g/mol. The summed E-state index contributed by atoms with van der Waals surface area (Å²) >= 11 is 0. The van der Waals surface area contributed by atoms with Gasteiger partial charge < -0.3 is 10.5 Å². The van der Waals surface area contributed by atoms with Gasteiger partial charge in [-0.15, -0.1) is 0 Å². The van der Waals surface area contributed by atoms with Crippen LogP contribution in [0.25, 0.3) is 0 Å². The van der Waals surface area contributed by atoms with Crippen molar-refractivity contribution in [3.63, 3.8) is 0 Å². The Morgan fingerprint density at radius 1 is 1.35 bits per heavy atom. The fourth-order valence-electron chi connectivity index (χ4n) is 1.79. The maximum Gasteiger partial charge on any atom is 0.157 e. The second-order valence-electron chi connectivity index (χ2n) is 4.52. The van der Waals surface area contributed by atoms with Gasteiger partial charge in [0.05, 0.1) is 11.5 Å². The summed E-state index contributed by atoms with van der Waals surface area (Å²) in [5.41, 5.74) is 6.75. The van der Waals surface area contributed by atoms with Crippen LogP contribution >= 0.6 is 0 Å². The number of hydrogen-bond acceptors (Lipinski definition) is 4. The van der Waals surface area contributed by atoms with Crippen LogP contribution in [0.1, 0.15) is 18.4 Å². The molecule has 1 saturated heterocycles. The highest BCUT2D eigenvalue weighted by Crippen LogP contribution is 2.22. The molecule has 1 aliphatic heterocycles. The molecule has 0 saturated carbocycles. The second-order valence-corrected chi connectivity index (χ2v) is 6.68. The Morgan fingerprint density at radius 2 is 1.94 bits per heavy atom. The summed E-state index contributed by atoms with van der Waals surface area (Å²) in [5.74, 6) is 1.31. The summed E-state index contributed by atoms with van der Waals surface area (Å²) in [7, 11) is -2.82. The normalized spacial score (nSPS) is 20.6. The monoisotopic (exact) mass is 255 g/mol. The fourth-order valence-corrected chi connectivity index (χ4v) is 2.96. The number of sulfone groups is 1. The third-order valence-corrected chi connectivity index (χ3v) is 4.74. The number of benzene rings is 1. The first-order valence-electron chi connectivity index (χ1n) is 5.67. The van der Waals surface area contributed by atoms with Gasteiger partial charge in [0.2, 0.25) is 0 Å². The largest absolute Gasteiger partial charge is 0.488 e. The van der Waals surface area contributed by atoms with E-state index in [1.54, 1.807) is 0 Å². The van der Waals surface area contributed by atoms with Gasteiger partial charge in [0.15, 0.2) is 9.84 Å². The van der Waals surface area contributed by atoms with Gasteiger partial charge in [0.25, 0.3) is 0 Å². The summed E-state index contributed by atoms with van der Waals surface area (Å²) in [6, 6.07) is 7.68. The van der Waals surface area contributed by atoms with E-state index < -0.39 is 9.84 Å². The molecule has 1 aromatic rings. The topological polar surface area (TPSA) is 69.4 Å². The molecule has 1 fully saturated rings. The van der Waals surface area contributed by atoms with Crippen LogP contribution in [0, 0.1) is 0 Å². The van der Waals surface area contributed by atoms with E-state index in [0.29, 0.717) is 12.5 Å². The predicted octanol–water partition coefficient (Wildman–Crippen LogP) is 0.925. The van der Waals surface area contributed by atoms with Gasteiger partial charge in [-0.3, -0.25) is 0 Å². The van der Waals surface area contributed by atoms with Crippen molar-refractivity contribution in [2.24, 2.45) is 5.73 Å². The quantitative estimate of drug-likeness (QED) is 0.868. The zero-order valence-corrected chi connectivity index (χ0v) is 10.6. The molecule has 1 unspecified atom stereocenters. The molecule has 0 radical (unpaired) electrons. The van der Waals surface area contributed by atoms with Crippen molar-refractivity contribution in [1.82, 2.24) is 0 Å². The van der Waals surface area contributed by atoms with Crippen molar-refractivity contribution in [1.29, 1.82) is 0 Å². The average Bonchev–Trinajstić information content (AvgIpc) is 2.26. The molecule has 4 nitrogen and oxygen atoms in total. The second kappa shape index (κ2) is 4.66. The summed E-state index contributed by atoms with van der Waals surface area (Å²) in [4.78, 5) is 0. The van der Waals surface area contributed by atoms with Crippen molar-refractivity contribution in [2.75, 3.05) is 18.1 Å². The smallest absolute Gasteiger partial charge is 0.157 e. The Morgan fingerprint density at radius 3 is 2.41 bits per heavy atom. The minimum absolute atomic E-state index is 0.133. The Kier molecular flexibility index (Phi) is 3.40. The molecule has 0 bridgehead atoms. The molecule has 5 heteroatoms. The van der Waals surface area contributed by atoms with Crippen LogP contribution in [0.3, 0.4) is 0 Å². The molecule has 0 aromatic heterocycles. The van der Waals surface area contributed by atoms with Crippen molar-refractivity contribution in [2.45, 2.75) is 18.9 Å². The first-order valence-corrected chi connectivity index (χ1v) is 7.49. The average molecular weight is 255 g/mol. The van der Waals surface area contributed by atoms with Gasteiger partial charge in [-0.1, -0.05) is 19.1 Å². The molecule has 1 aromatic carbocycles. The Labute approximate surface area is 102 Å². The van der Waals surface area contributed by atoms with E-state index in [9.17, 15) is 8.42 Å². The van der Waals surface area contributed by atoms with Gasteiger partial charge in [-0.25, -0.2) is 8.42 Å². The molecular formula is C12H17NO3S. The van der Waals surface area contributed by atoms with Crippen LogP contribution < -0.4 is 10.5 Å². The number of ether oxygens (including phenoxy) is 1. The van der Waals surface area contributed by atoms with E-state index in [2.05, 4.69) is 6.92 Å². The van der Waals surface area contributed by atoms with Gasteiger partial charge in [-0.2, -0.15) is 0 Å². The lowest BCUT2D eigenvalue weighted by Gasteiger charge is -2.26. The molecule has 0 aliphatic carbocycles. The van der Waals surface area contributed by atoms with Crippen LogP contribution in [0.2, 0.25) is 0 Å². The number of rotatable bonds is 4. The molecule has 94 valence electrons. The fraction of sp³-hybridized carbons (Fsp3) is 0.500. The van der Waals surface area contributed by atoms with Crippen molar-refractivity contribution >= 4 is 9.84 Å². The Bertz CT molecular complexity index is 469. The lowest BCUT2D eigenvalue weighted by molar-refractivity contribution is 0.230. The van der Waals surface area contributed by atoms with E-state index in [1.807, 2.05) is 24.3 Å². The standard InChI is InChI=1S/C12H17NO3S/c1-9(6-13)10-2-4-11(5-3-10)16-12-7-17(14,15)8-12/h2-5,9,12H,6-8,13H2,1H3. The maximum atomic E-state index is 11.0. The molecule has 17 heavy (non-hydrogen) atoms. The highest BCUT2D eigenvalue weighted by atomic mass is 32.2. The van der Waals surface area contributed by atoms with Crippen LogP contribution in [0.5, 0.6) is 5.75 Å². The van der Waals surface area contributed by atoms with Gasteiger partial charge in [-0.05, 0) is 30.2 Å². The molecule has 1 aliphatic rings. The van der Waals surface area contributed by atoms with Crippen molar-refractivity contribution in [3.05, 3.63) is 29.8 Å². The van der Waals surface area contributed by atoms with E-state index in [-0.39, 0.29) is 17.6 Å². The molecule has 2 N–H and O–H groups in total. The van der Waals surface area contributed by atoms with E-state index in [0.717, 1.165) is 5.75 Å². The van der Waals surface area contributed by atoms with E-state index in [4.69, 9.17) is 10.5 Å². The minimum Gasteiger partial charge on any atom is -0.488 e. The highest BCUT2D eigenvalue weighted by Gasteiger charge is 2.35. The third kappa shape index (κ3) is 2.98. The zero-order chi connectivity index (χ0) is 12.5. The minimum atomic E-state index is -2.82. The SMILES string of the molecule is CC(CN)c1ccc(OC2CS(=O)(=O)C2)cc1. The molecule has 2 rings (SSSR count). The first kappa shape index (κ1) is 12.4.